The van der Waals surface area contributed by atoms with Gasteiger partial charge >= 0.3 is 0 Å². The largest absolute Gasteiger partial charge is 0.393 e. The molecule has 0 spiro atoms. The first-order valence-corrected chi connectivity index (χ1v) is 6.67. The molecule has 2 heteroatoms. The minimum Gasteiger partial charge on any atom is -0.393 e. The Morgan fingerprint density at radius 3 is 2.53 bits per heavy atom. The lowest BCUT2D eigenvalue weighted by Gasteiger charge is -2.25. The van der Waals surface area contributed by atoms with E-state index in [-0.39, 0.29) is 6.10 Å². The van der Waals surface area contributed by atoms with Gasteiger partial charge in [0.05, 0.1) is 6.10 Å². The molecule has 0 heterocycles. The van der Waals surface area contributed by atoms with Crippen LogP contribution in [-0.4, -0.2) is 24.3 Å². The van der Waals surface area contributed by atoms with E-state index >= 15 is 0 Å². The van der Waals surface area contributed by atoms with E-state index in [1.54, 1.807) is 0 Å². The van der Waals surface area contributed by atoms with Crippen molar-refractivity contribution in [2.24, 2.45) is 0 Å². The highest BCUT2D eigenvalue weighted by molar-refractivity contribution is 5.52. The number of aliphatic hydroxyl groups is 1. The van der Waals surface area contributed by atoms with E-state index in [1.807, 2.05) is 6.92 Å². The molecule has 0 radical (unpaired) electrons. The standard InChI is InChI=1S/C15H25NO/c1-4-14(17)10-8-12-16(5-2)15-11-7-6-9-13(15)3/h6-7,9,11,14,17H,4-5,8,10,12H2,1-3H3. The molecular weight excluding hydrogens is 210 g/mol. The summed E-state index contributed by atoms with van der Waals surface area (Å²) in [6.45, 7) is 8.41. The van der Waals surface area contributed by atoms with Gasteiger partial charge < -0.3 is 10.0 Å². The second-order valence-electron chi connectivity index (χ2n) is 4.57. The summed E-state index contributed by atoms with van der Waals surface area (Å²) in [6.07, 6.45) is 2.68. The fraction of sp³-hybridized carbons (Fsp3) is 0.600. The Kier molecular flexibility index (Phi) is 6.06. The summed E-state index contributed by atoms with van der Waals surface area (Å²) >= 11 is 0. The number of benzene rings is 1. The lowest BCUT2D eigenvalue weighted by atomic mass is 10.1. The second kappa shape index (κ2) is 7.33. The van der Waals surface area contributed by atoms with Crippen molar-refractivity contribution in [1.29, 1.82) is 0 Å². The van der Waals surface area contributed by atoms with E-state index in [2.05, 4.69) is 43.0 Å². The van der Waals surface area contributed by atoms with Gasteiger partial charge in [0, 0.05) is 18.8 Å². The third kappa shape index (κ3) is 4.39. The third-order valence-electron chi connectivity index (χ3n) is 3.27. The van der Waals surface area contributed by atoms with E-state index in [9.17, 15) is 5.11 Å². The van der Waals surface area contributed by atoms with Gasteiger partial charge in [0.15, 0.2) is 0 Å². The van der Waals surface area contributed by atoms with Crippen LogP contribution in [0.1, 0.15) is 38.7 Å². The maximum Gasteiger partial charge on any atom is 0.0538 e. The first-order chi connectivity index (χ1) is 8.19. The van der Waals surface area contributed by atoms with Gasteiger partial charge in [0.2, 0.25) is 0 Å². The fourth-order valence-corrected chi connectivity index (χ4v) is 2.09. The molecule has 0 saturated heterocycles. The van der Waals surface area contributed by atoms with Crippen LogP contribution >= 0.6 is 0 Å². The average Bonchev–Trinajstić information content (AvgIpc) is 2.35. The van der Waals surface area contributed by atoms with Crippen LogP contribution in [0.4, 0.5) is 5.69 Å². The predicted molar refractivity (Wildman–Crippen MR) is 74.6 cm³/mol. The normalized spacial score (nSPS) is 12.5. The van der Waals surface area contributed by atoms with Crippen molar-refractivity contribution >= 4 is 5.69 Å². The van der Waals surface area contributed by atoms with Gasteiger partial charge in [-0.2, -0.15) is 0 Å². The molecule has 0 aliphatic heterocycles. The first kappa shape index (κ1) is 14.0. The summed E-state index contributed by atoms with van der Waals surface area (Å²) in [5.41, 5.74) is 2.64. The third-order valence-corrected chi connectivity index (χ3v) is 3.27. The van der Waals surface area contributed by atoms with Crippen LogP contribution < -0.4 is 4.90 Å². The van der Waals surface area contributed by atoms with E-state index in [4.69, 9.17) is 0 Å². The highest BCUT2D eigenvalue weighted by Gasteiger charge is 2.07. The van der Waals surface area contributed by atoms with Crippen molar-refractivity contribution in [2.75, 3.05) is 18.0 Å². The number of anilines is 1. The fourth-order valence-electron chi connectivity index (χ4n) is 2.09. The zero-order chi connectivity index (χ0) is 12.7. The van der Waals surface area contributed by atoms with E-state index in [1.165, 1.54) is 11.3 Å². The Balaban J connectivity index is 2.52. The van der Waals surface area contributed by atoms with E-state index in [0.717, 1.165) is 32.4 Å². The highest BCUT2D eigenvalue weighted by atomic mass is 16.3. The summed E-state index contributed by atoms with van der Waals surface area (Å²) in [5.74, 6) is 0. The monoisotopic (exact) mass is 235 g/mol. The molecule has 1 aromatic carbocycles. The van der Waals surface area contributed by atoms with Gasteiger partial charge in [-0.3, -0.25) is 0 Å². The van der Waals surface area contributed by atoms with Crippen molar-refractivity contribution < 1.29 is 5.11 Å². The predicted octanol–water partition coefficient (Wildman–Crippen LogP) is 3.37. The van der Waals surface area contributed by atoms with Crippen molar-refractivity contribution in [3.05, 3.63) is 29.8 Å². The van der Waals surface area contributed by atoms with Gasteiger partial charge in [-0.1, -0.05) is 25.1 Å². The molecule has 2 nitrogen and oxygen atoms in total. The van der Waals surface area contributed by atoms with Crippen molar-refractivity contribution in [1.82, 2.24) is 0 Å². The molecule has 1 unspecified atom stereocenters. The van der Waals surface area contributed by atoms with Gasteiger partial charge in [-0.05, 0) is 44.7 Å². The number of nitrogens with zero attached hydrogens (tertiary/aromatic N) is 1. The zero-order valence-corrected chi connectivity index (χ0v) is 11.3. The smallest absolute Gasteiger partial charge is 0.0538 e. The van der Waals surface area contributed by atoms with Crippen LogP contribution in [-0.2, 0) is 0 Å². The summed E-state index contributed by atoms with van der Waals surface area (Å²) in [7, 11) is 0. The Morgan fingerprint density at radius 2 is 1.94 bits per heavy atom. The number of hydrogen-bond donors (Lipinski definition) is 1. The van der Waals surface area contributed by atoms with Crippen molar-refractivity contribution in [3.63, 3.8) is 0 Å². The Labute approximate surface area is 105 Å². The number of hydrogen-bond acceptors (Lipinski definition) is 2. The zero-order valence-electron chi connectivity index (χ0n) is 11.3. The minimum absolute atomic E-state index is 0.134. The number of rotatable bonds is 7. The summed E-state index contributed by atoms with van der Waals surface area (Å²) in [4.78, 5) is 2.39. The van der Waals surface area contributed by atoms with Crippen LogP contribution in [0.2, 0.25) is 0 Å². The Morgan fingerprint density at radius 1 is 1.24 bits per heavy atom. The van der Waals surface area contributed by atoms with Crippen molar-refractivity contribution in [3.8, 4) is 0 Å². The van der Waals surface area contributed by atoms with Gasteiger partial charge in [-0.15, -0.1) is 0 Å². The molecule has 0 aromatic heterocycles. The number of aliphatic hydroxyl groups excluding tert-OH is 1. The molecule has 1 rings (SSSR count). The second-order valence-corrected chi connectivity index (χ2v) is 4.57. The lowest BCUT2D eigenvalue weighted by molar-refractivity contribution is 0.158. The average molecular weight is 235 g/mol. The maximum atomic E-state index is 9.55. The molecule has 0 saturated carbocycles. The molecule has 0 fully saturated rings. The summed E-state index contributed by atoms with van der Waals surface area (Å²) in [5, 5.41) is 9.55. The summed E-state index contributed by atoms with van der Waals surface area (Å²) in [6, 6.07) is 8.49. The van der Waals surface area contributed by atoms with E-state index in [0.29, 0.717) is 0 Å². The van der Waals surface area contributed by atoms with Crippen LogP contribution in [0.25, 0.3) is 0 Å². The summed E-state index contributed by atoms with van der Waals surface area (Å²) < 4.78 is 0. The molecule has 0 aliphatic carbocycles. The first-order valence-electron chi connectivity index (χ1n) is 6.67. The molecule has 1 atom stereocenters. The molecule has 96 valence electrons. The number of para-hydroxylation sites is 1. The Hall–Kier alpha value is -1.02. The van der Waals surface area contributed by atoms with Crippen LogP contribution in [0.15, 0.2) is 24.3 Å². The molecule has 1 aromatic rings. The van der Waals surface area contributed by atoms with Gasteiger partial charge in [0.25, 0.3) is 0 Å². The Bertz CT molecular complexity index is 324. The van der Waals surface area contributed by atoms with Crippen LogP contribution in [0, 0.1) is 6.92 Å². The quantitative estimate of drug-likeness (QED) is 0.783. The number of aryl methyl sites for hydroxylation is 1. The lowest BCUT2D eigenvalue weighted by Crippen LogP contribution is -2.25. The van der Waals surface area contributed by atoms with Gasteiger partial charge in [-0.25, -0.2) is 0 Å². The van der Waals surface area contributed by atoms with Crippen molar-refractivity contribution in [2.45, 2.75) is 46.1 Å². The molecule has 0 aliphatic rings. The topological polar surface area (TPSA) is 23.5 Å². The van der Waals surface area contributed by atoms with Crippen LogP contribution in [0.3, 0.4) is 0 Å². The van der Waals surface area contributed by atoms with Gasteiger partial charge in [0.1, 0.15) is 0 Å². The SMILES string of the molecule is CCC(O)CCCN(CC)c1ccccc1C. The molecule has 17 heavy (non-hydrogen) atoms. The molecule has 0 amide bonds. The molecular formula is C15H25NO. The van der Waals surface area contributed by atoms with E-state index < -0.39 is 0 Å². The minimum atomic E-state index is -0.134. The highest BCUT2D eigenvalue weighted by Crippen LogP contribution is 2.19. The molecule has 1 N–H and O–H groups in total. The maximum absolute atomic E-state index is 9.55. The van der Waals surface area contributed by atoms with Crippen LogP contribution in [0.5, 0.6) is 0 Å². The molecule has 0 bridgehead atoms.